The molecule has 0 atom stereocenters. The standard InChI is InChI=1S/C18H13F3N2O2/c19-18(20,21)16-10-17(24)23(12-22-16)11-13-6-4-5-9-15(13)25-14-7-2-1-3-8-14/h1-10,12H,11H2. The first-order valence-corrected chi connectivity index (χ1v) is 7.38. The first-order valence-electron chi connectivity index (χ1n) is 7.38. The van der Waals surface area contributed by atoms with Gasteiger partial charge >= 0.3 is 6.18 Å². The van der Waals surface area contributed by atoms with Crippen LogP contribution in [0, 0.1) is 0 Å². The molecule has 0 saturated heterocycles. The lowest BCUT2D eigenvalue weighted by Gasteiger charge is -2.13. The van der Waals surface area contributed by atoms with E-state index in [1.165, 1.54) is 0 Å². The van der Waals surface area contributed by atoms with E-state index in [1.54, 1.807) is 36.4 Å². The fourth-order valence-electron chi connectivity index (χ4n) is 2.23. The number of nitrogens with zero attached hydrogens (tertiary/aromatic N) is 2. The SMILES string of the molecule is O=c1cc(C(F)(F)F)ncn1Cc1ccccc1Oc1ccccc1. The van der Waals surface area contributed by atoms with Gasteiger partial charge in [0.05, 0.1) is 12.9 Å². The number of para-hydroxylation sites is 2. The monoisotopic (exact) mass is 346 g/mol. The predicted molar refractivity (Wildman–Crippen MR) is 85.6 cm³/mol. The van der Waals surface area contributed by atoms with Gasteiger partial charge in [-0.1, -0.05) is 36.4 Å². The van der Waals surface area contributed by atoms with Crippen LogP contribution in [-0.4, -0.2) is 9.55 Å². The third kappa shape index (κ3) is 4.06. The van der Waals surface area contributed by atoms with Crippen LogP contribution < -0.4 is 10.3 Å². The van der Waals surface area contributed by atoms with E-state index in [9.17, 15) is 18.0 Å². The number of ether oxygens (including phenoxy) is 1. The molecule has 0 bridgehead atoms. The Morgan fingerprint density at radius 1 is 1.00 bits per heavy atom. The molecule has 128 valence electrons. The summed E-state index contributed by atoms with van der Waals surface area (Å²) < 4.78 is 44.7. The van der Waals surface area contributed by atoms with Crippen LogP contribution in [-0.2, 0) is 12.7 Å². The van der Waals surface area contributed by atoms with E-state index >= 15 is 0 Å². The summed E-state index contributed by atoms with van der Waals surface area (Å²) in [5, 5.41) is 0. The van der Waals surface area contributed by atoms with Gasteiger partial charge in [0.2, 0.25) is 0 Å². The summed E-state index contributed by atoms with van der Waals surface area (Å²) in [6.45, 7) is 0.0486. The Hall–Kier alpha value is -3.09. The number of alkyl halides is 3. The Labute approximate surface area is 141 Å². The molecular formula is C18H13F3N2O2. The molecule has 4 nitrogen and oxygen atoms in total. The Morgan fingerprint density at radius 2 is 1.68 bits per heavy atom. The highest BCUT2D eigenvalue weighted by molar-refractivity contribution is 5.37. The molecule has 3 rings (SSSR count). The zero-order chi connectivity index (χ0) is 17.9. The van der Waals surface area contributed by atoms with Gasteiger partial charge in [-0.2, -0.15) is 13.2 Å². The largest absolute Gasteiger partial charge is 0.457 e. The Bertz CT molecular complexity index is 921. The number of hydrogen-bond donors (Lipinski definition) is 0. The van der Waals surface area contributed by atoms with E-state index in [0.29, 0.717) is 23.1 Å². The Morgan fingerprint density at radius 3 is 2.36 bits per heavy atom. The fourth-order valence-corrected chi connectivity index (χ4v) is 2.23. The van der Waals surface area contributed by atoms with E-state index in [2.05, 4.69) is 4.98 Å². The summed E-state index contributed by atoms with van der Waals surface area (Å²) in [5.41, 5.74) is -1.34. The molecule has 0 fully saturated rings. The smallest absolute Gasteiger partial charge is 0.433 e. The lowest BCUT2D eigenvalue weighted by atomic mass is 10.2. The molecule has 0 amide bonds. The van der Waals surface area contributed by atoms with Gasteiger partial charge < -0.3 is 4.74 Å². The number of aromatic nitrogens is 2. The van der Waals surface area contributed by atoms with Gasteiger partial charge in [0.1, 0.15) is 11.5 Å². The van der Waals surface area contributed by atoms with E-state index in [-0.39, 0.29) is 6.54 Å². The molecule has 7 heteroatoms. The molecule has 1 aromatic heterocycles. The van der Waals surface area contributed by atoms with Crippen molar-refractivity contribution in [3.63, 3.8) is 0 Å². The van der Waals surface area contributed by atoms with Gasteiger partial charge in [0, 0.05) is 11.6 Å². The first kappa shape index (κ1) is 16.8. The van der Waals surface area contributed by atoms with Crippen LogP contribution in [0.3, 0.4) is 0 Å². The maximum atomic E-state index is 12.6. The second kappa shape index (κ2) is 6.80. The van der Waals surface area contributed by atoms with Crippen LogP contribution in [0.5, 0.6) is 11.5 Å². The van der Waals surface area contributed by atoms with Crippen LogP contribution in [0.4, 0.5) is 13.2 Å². The Kier molecular flexibility index (Phi) is 4.56. The molecule has 1 heterocycles. The average molecular weight is 346 g/mol. The van der Waals surface area contributed by atoms with Gasteiger partial charge in [-0.05, 0) is 18.2 Å². The summed E-state index contributed by atoms with van der Waals surface area (Å²) in [7, 11) is 0. The summed E-state index contributed by atoms with van der Waals surface area (Å²) in [6, 6.07) is 16.5. The molecule has 0 aliphatic rings. The molecule has 0 N–H and O–H groups in total. The molecule has 0 saturated carbocycles. The summed E-state index contributed by atoms with van der Waals surface area (Å²) >= 11 is 0. The highest BCUT2D eigenvalue weighted by Gasteiger charge is 2.33. The highest BCUT2D eigenvalue weighted by Crippen LogP contribution is 2.27. The molecule has 0 spiro atoms. The van der Waals surface area contributed by atoms with Gasteiger partial charge in [-0.15, -0.1) is 0 Å². The first-order chi connectivity index (χ1) is 11.9. The van der Waals surface area contributed by atoms with Crippen LogP contribution in [0.1, 0.15) is 11.3 Å². The predicted octanol–water partition coefficient (Wildman–Crippen LogP) is 4.10. The maximum absolute atomic E-state index is 12.6. The average Bonchev–Trinajstić information content (AvgIpc) is 2.58. The minimum atomic E-state index is -4.65. The van der Waals surface area contributed by atoms with Gasteiger partial charge in [-0.3, -0.25) is 9.36 Å². The van der Waals surface area contributed by atoms with Crippen molar-refractivity contribution in [2.45, 2.75) is 12.7 Å². The van der Waals surface area contributed by atoms with E-state index in [4.69, 9.17) is 4.74 Å². The molecule has 25 heavy (non-hydrogen) atoms. The van der Waals surface area contributed by atoms with Crippen molar-refractivity contribution in [2.24, 2.45) is 0 Å². The lowest BCUT2D eigenvalue weighted by molar-refractivity contribution is -0.141. The second-order valence-electron chi connectivity index (χ2n) is 5.26. The van der Waals surface area contributed by atoms with E-state index in [1.807, 2.05) is 18.2 Å². The van der Waals surface area contributed by atoms with Crippen LogP contribution in [0.2, 0.25) is 0 Å². The zero-order valence-electron chi connectivity index (χ0n) is 12.9. The van der Waals surface area contributed by atoms with E-state index < -0.39 is 17.4 Å². The normalized spacial score (nSPS) is 11.3. The fraction of sp³-hybridized carbons (Fsp3) is 0.111. The number of hydrogen-bond acceptors (Lipinski definition) is 3. The number of halogens is 3. The van der Waals surface area contributed by atoms with Crippen molar-refractivity contribution >= 4 is 0 Å². The lowest BCUT2D eigenvalue weighted by Crippen LogP contribution is -2.24. The topological polar surface area (TPSA) is 44.1 Å². The van der Waals surface area contributed by atoms with Crippen LogP contribution in [0.25, 0.3) is 0 Å². The zero-order valence-corrected chi connectivity index (χ0v) is 12.9. The highest BCUT2D eigenvalue weighted by atomic mass is 19.4. The molecule has 0 unspecified atom stereocenters. The van der Waals surface area contributed by atoms with Crippen molar-refractivity contribution in [1.82, 2.24) is 9.55 Å². The van der Waals surface area contributed by atoms with Crippen molar-refractivity contribution in [3.8, 4) is 11.5 Å². The molecule has 0 aliphatic heterocycles. The van der Waals surface area contributed by atoms with Crippen LogP contribution in [0.15, 0.2) is 71.8 Å². The third-order valence-electron chi connectivity index (χ3n) is 3.45. The summed E-state index contributed by atoms with van der Waals surface area (Å²) in [6.07, 6.45) is -3.75. The molecule has 3 aromatic rings. The number of benzene rings is 2. The molecular weight excluding hydrogens is 333 g/mol. The minimum Gasteiger partial charge on any atom is -0.457 e. The van der Waals surface area contributed by atoms with Crippen molar-refractivity contribution < 1.29 is 17.9 Å². The third-order valence-corrected chi connectivity index (χ3v) is 3.45. The summed E-state index contributed by atoms with van der Waals surface area (Å²) in [5.74, 6) is 1.13. The van der Waals surface area contributed by atoms with Crippen molar-refractivity contribution in [1.29, 1.82) is 0 Å². The van der Waals surface area contributed by atoms with Gasteiger partial charge in [-0.25, -0.2) is 4.98 Å². The Balaban J connectivity index is 1.88. The number of rotatable bonds is 4. The molecule has 0 radical (unpaired) electrons. The van der Waals surface area contributed by atoms with Crippen molar-refractivity contribution in [2.75, 3.05) is 0 Å². The van der Waals surface area contributed by atoms with Gasteiger partial charge in [0.25, 0.3) is 5.56 Å². The maximum Gasteiger partial charge on any atom is 0.433 e. The molecule has 2 aromatic carbocycles. The van der Waals surface area contributed by atoms with Crippen molar-refractivity contribution in [3.05, 3.63) is 88.6 Å². The minimum absolute atomic E-state index is 0.0486. The second-order valence-corrected chi connectivity index (χ2v) is 5.26. The summed E-state index contributed by atoms with van der Waals surface area (Å²) in [4.78, 5) is 15.3. The quantitative estimate of drug-likeness (QED) is 0.714. The molecule has 0 aliphatic carbocycles. The van der Waals surface area contributed by atoms with Gasteiger partial charge in [0.15, 0.2) is 5.69 Å². The van der Waals surface area contributed by atoms with Crippen LogP contribution >= 0.6 is 0 Å². The van der Waals surface area contributed by atoms with E-state index in [0.717, 1.165) is 10.9 Å².